The fraction of sp³-hybridized carbons (Fsp3) is 0.435. The lowest BCUT2D eigenvalue weighted by Gasteiger charge is -2.34. The Bertz CT molecular complexity index is 909. The highest BCUT2D eigenvalue weighted by Gasteiger charge is 2.27. The molecule has 1 saturated heterocycles. The Morgan fingerprint density at radius 3 is 2.57 bits per heavy atom. The number of benzene rings is 1. The van der Waals surface area contributed by atoms with Crippen molar-refractivity contribution in [1.82, 2.24) is 14.8 Å². The molecule has 1 fully saturated rings. The van der Waals surface area contributed by atoms with Crippen molar-refractivity contribution in [3.63, 3.8) is 0 Å². The first-order chi connectivity index (χ1) is 14.7. The summed E-state index contributed by atoms with van der Waals surface area (Å²) in [5.74, 6) is 1.07. The number of anilines is 1. The Hall–Kier alpha value is -2.93. The molecule has 0 bridgehead atoms. The van der Waals surface area contributed by atoms with Gasteiger partial charge in [-0.2, -0.15) is 0 Å². The Kier molecular flexibility index (Phi) is 6.28. The average Bonchev–Trinajstić information content (AvgIpc) is 2.95. The number of rotatable bonds is 5. The number of nitrogens with zero attached hydrogens (tertiary/aromatic N) is 4. The third-order valence-electron chi connectivity index (χ3n) is 5.67. The number of hydrogen-bond donors (Lipinski definition) is 0. The molecule has 2 aliphatic heterocycles. The first kappa shape index (κ1) is 20.3. The van der Waals surface area contributed by atoms with E-state index in [1.165, 1.54) is 0 Å². The summed E-state index contributed by atoms with van der Waals surface area (Å²) < 4.78 is 5.95. The second-order valence-corrected chi connectivity index (χ2v) is 7.74. The molecule has 4 rings (SSSR count). The molecule has 0 saturated carbocycles. The summed E-state index contributed by atoms with van der Waals surface area (Å²) >= 11 is 0. The Balaban J connectivity index is 1.41. The van der Waals surface area contributed by atoms with Gasteiger partial charge in [0.15, 0.2) is 0 Å². The van der Waals surface area contributed by atoms with E-state index in [0.29, 0.717) is 23.9 Å². The van der Waals surface area contributed by atoms with Crippen LogP contribution in [0.5, 0.6) is 11.6 Å². The number of para-hydroxylation sites is 1. The number of pyridine rings is 1. The van der Waals surface area contributed by atoms with Gasteiger partial charge >= 0.3 is 0 Å². The van der Waals surface area contributed by atoms with E-state index in [1.54, 1.807) is 17.2 Å². The lowest BCUT2D eigenvalue weighted by Crippen LogP contribution is -2.48. The molecule has 0 aliphatic carbocycles. The van der Waals surface area contributed by atoms with Crippen molar-refractivity contribution in [3.8, 4) is 11.6 Å². The summed E-state index contributed by atoms with van der Waals surface area (Å²) in [4.78, 5) is 36.0. The van der Waals surface area contributed by atoms with E-state index in [-0.39, 0.29) is 24.7 Å². The first-order valence-electron chi connectivity index (χ1n) is 10.7. The molecule has 0 spiro atoms. The second-order valence-electron chi connectivity index (χ2n) is 7.74. The van der Waals surface area contributed by atoms with Gasteiger partial charge in [-0.05, 0) is 31.2 Å². The highest BCUT2D eigenvalue weighted by atomic mass is 16.5. The molecule has 1 aromatic heterocycles. The summed E-state index contributed by atoms with van der Waals surface area (Å²) in [5.41, 5.74) is 1.56. The number of fused-ring (bicyclic) bond motifs is 2. The maximum absolute atomic E-state index is 13.1. The second kappa shape index (κ2) is 9.26. The minimum Gasteiger partial charge on any atom is -0.437 e. The smallest absolute Gasteiger partial charge is 0.243 e. The predicted molar refractivity (Wildman–Crippen MR) is 114 cm³/mol. The zero-order valence-corrected chi connectivity index (χ0v) is 17.4. The molecule has 7 nitrogen and oxygen atoms in total. The molecule has 7 heteroatoms. The normalized spacial score (nSPS) is 16.3. The zero-order chi connectivity index (χ0) is 20.9. The van der Waals surface area contributed by atoms with Crippen LogP contribution in [-0.2, 0) is 16.1 Å². The van der Waals surface area contributed by atoms with Gasteiger partial charge in [0.2, 0.25) is 17.7 Å². The molecule has 0 atom stereocenters. The Labute approximate surface area is 177 Å². The van der Waals surface area contributed by atoms with Crippen molar-refractivity contribution in [2.45, 2.75) is 32.7 Å². The van der Waals surface area contributed by atoms with Crippen molar-refractivity contribution in [2.24, 2.45) is 0 Å². The number of amides is 2. The number of piperazine rings is 1. The standard InChI is InChI=1S/C23H28N4O3/c1-2-12-25-13-15-26(16-14-25)21(28)9-10-22(29)27-17-18-6-3-4-8-20(18)30-23-19(27)7-5-11-24-23/h3-8,11H,2,9-10,12-17H2,1H3. The van der Waals surface area contributed by atoms with Gasteiger partial charge in [0.05, 0.1) is 6.54 Å². The molecular weight excluding hydrogens is 380 g/mol. The summed E-state index contributed by atoms with van der Waals surface area (Å²) in [6.07, 6.45) is 3.17. The molecule has 2 aromatic rings. The van der Waals surface area contributed by atoms with Gasteiger partial charge in [0.1, 0.15) is 11.4 Å². The quantitative estimate of drug-likeness (QED) is 0.761. The molecule has 0 unspecified atom stereocenters. The monoisotopic (exact) mass is 408 g/mol. The summed E-state index contributed by atoms with van der Waals surface area (Å²) in [6.45, 7) is 6.95. The van der Waals surface area contributed by atoms with Crippen molar-refractivity contribution < 1.29 is 14.3 Å². The Morgan fingerprint density at radius 1 is 1.00 bits per heavy atom. The van der Waals surface area contributed by atoms with Gasteiger partial charge in [-0.1, -0.05) is 25.1 Å². The summed E-state index contributed by atoms with van der Waals surface area (Å²) in [5, 5.41) is 0. The third kappa shape index (κ3) is 4.46. The van der Waals surface area contributed by atoms with Crippen LogP contribution in [-0.4, -0.2) is 59.3 Å². The van der Waals surface area contributed by atoms with E-state index in [1.807, 2.05) is 35.2 Å². The van der Waals surface area contributed by atoms with Crippen molar-refractivity contribution >= 4 is 17.5 Å². The molecule has 0 radical (unpaired) electrons. The van der Waals surface area contributed by atoms with Crippen LogP contribution in [0.1, 0.15) is 31.7 Å². The molecule has 2 amide bonds. The van der Waals surface area contributed by atoms with Gasteiger partial charge in [-0.25, -0.2) is 4.98 Å². The van der Waals surface area contributed by atoms with E-state index >= 15 is 0 Å². The highest BCUT2D eigenvalue weighted by molar-refractivity contribution is 5.96. The fourth-order valence-electron chi connectivity index (χ4n) is 4.03. The molecule has 1 aromatic carbocycles. The molecular formula is C23H28N4O3. The van der Waals surface area contributed by atoms with Crippen LogP contribution in [0, 0.1) is 0 Å². The number of aromatic nitrogens is 1. The minimum atomic E-state index is -0.0949. The Morgan fingerprint density at radius 2 is 1.77 bits per heavy atom. The SMILES string of the molecule is CCCN1CCN(C(=O)CCC(=O)N2Cc3ccccc3Oc3ncccc32)CC1. The van der Waals surface area contributed by atoms with Crippen molar-refractivity contribution in [2.75, 3.05) is 37.6 Å². The van der Waals surface area contributed by atoms with Crippen LogP contribution in [0.4, 0.5) is 5.69 Å². The molecule has 30 heavy (non-hydrogen) atoms. The summed E-state index contributed by atoms with van der Waals surface area (Å²) in [7, 11) is 0. The van der Waals surface area contributed by atoms with Crippen LogP contribution in [0.15, 0.2) is 42.6 Å². The van der Waals surface area contributed by atoms with Crippen LogP contribution >= 0.6 is 0 Å². The predicted octanol–water partition coefficient (Wildman–Crippen LogP) is 3.05. The first-order valence-corrected chi connectivity index (χ1v) is 10.7. The number of ether oxygens (including phenoxy) is 1. The maximum Gasteiger partial charge on any atom is 0.243 e. The minimum absolute atomic E-state index is 0.0531. The number of carbonyl (C=O) groups excluding carboxylic acids is 2. The lowest BCUT2D eigenvalue weighted by molar-refractivity contribution is -0.134. The van der Waals surface area contributed by atoms with Gasteiger partial charge in [-0.15, -0.1) is 0 Å². The van der Waals surface area contributed by atoms with Crippen molar-refractivity contribution in [3.05, 3.63) is 48.2 Å². The zero-order valence-electron chi connectivity index (χ0n) is 17.4. The molecule has 158 valence electrons. The largest absolute Gasteiger partial charge is 0.437 e. The van der Waals surface area contributed by atoms with Gasteiger partial charge < -0.3 is 14.5 Å². The maximum atomic E-state index is 13.1. The molecule has 2 aliphatic rings. The van der Waals surface area contributed by atoms with E-state index in [2.05, 4.69) is 16.8 Å². The van der Waals surface area contributed by atoms with Crippen LogP contribution in [0.2, 0.25) is 0 Å². The van der Waals surface area contributed by atoms with Crippen LogP contribution in [0.3, 0.4) is 0 Å². The number of carbonyl (C=O) groups is 2. The van der Waals surface area contributed by atoms with Gasteiger partial charge in [0, 0.05) is 50.8 Å². The van der Waals surface area contributed by atoms with E-state index in [9.17, 15) is 9.59 Å². The molecule has 0 N–H and O–H groups in total. The van der Waals surface area contributed by atoms with Gasteiger partial charge in [0.25, 0.3) is 0 Å². The van der Waals surface area contributed by atoms with Crippen LogP contribution in [0.25, 0.3) is 0 Å². The highest BCUT2D eigenvalue weighted by Crippen LogP contribution is 2.37. The van der Waals surface area contributed by atoms with Crippen molar-refractivity contribution in [1.29, 1.82) is 0 Å². The lowest BCUT2D eigenvalue weighted by atomic mass is 10.1. The fourth-order valence-corrected chi connectivity index (χ4v) is 4.03. The van der Waals surface area contributed by atoms with E-state index < -0.39 is 0 Å². The van der Waals surface area contributed by atoms with E-state index in [0.717, 1.165) is 44.7 Å². The van der Waals surface area contributed by atoms with Crippen LogP contribution < -0.4 is 9.64 Å². The average molecular weight is 409 g/mol. The molecule has 3 heterocycles. The third-order valence-corrected chi connectivity index (χ3v) is 5.67. The number of hydrogen-bond acceptors (Lipinski definition) is 5. The van der Waals surface area contributed by atoms with Gasteiger partial charge in [-0.3, -0.25) is 14.5 Å². The van der Waals surface area contributed by atoms with E-state index in [4.69, 9.17) is 4.74 Å². The topological polar surface area (TPSA) is 66.0 Å². The summed E-state index contributed by atoms with van der Waals surface area (Å²) in [6, 6.07) is 11.3.